The summed E-state index contributed by atoms with van der Waals surface area (Å²) in [6.07, 6.45) is 4.15. The normalized spacial score (nSPS) is 24.3. The van der Waals surface area contributed by atoms with Crippen molar-refractivity contribution in [3.05, 3.63) is 0 Å². The molecule has 0 radical (unpaired) electrons. The Morgan fingerprint density at radius 1 is 1.40 bits per heavy atom. The van der Waals surface area contributed by atoms with E-state index in [1.54, 1.807) is 0 Å². The van der Waals surface area contributed by atoms with Crippen LogP contribution in [0.5, 0.6) is 0 Å². The molecular weight excluding hydrogens is 194 g/mol. The largest absolute Gasteiger partial charge is 0.462 e. The van der Waals surface area contributed by atoms with Crippen LogP contribution in [0.4, 0.5) is 0 Å². The molecule has 86 valence electrons. The number of ether oxygens (including phenoxy) is 1. The summed E-state index contributed by atoms with van der Waals surface area (Å²) in [5.41, 5.74) is 0.256. The van der Waals surface area contributed by atoms with Gasteiger partial charge in [0.25, 0.3) is 0 Å². The highest BCUT2D eigenvalue weighted by molar-refractivity contribution is 6.32. The number of hydrogen-bond acceptors (Lipinski definition) is 3. The molecule has 0 saturated heterocycles. The Morgan fingerprint density at radius 2 is 2.07 bits per heavy atom. The highest BCUT2D eigenvalue weighted by Gasteiger charge is 2.30. The van der Waals surface area contributed by atoms with E-state index in [1.165, 1.54) is 13.5 Å². The van der Waals surface area contributed by atoms with Gasteiger partial charge in [0.15, 0.2) is 0 Å². The Balaban J connectivity index is 2.45. The van der Waals surface area contributed by atoms with Gasteiger partial charge in [0.05, 0.1) is 7.11 Å². The number of amides is 1. The minimum Gasteiger partial charge on any atom is -0.462 e. The molecule has 15 heavy (non-hydrogen) atoms. The van der Waals surface area contributed by atoms with Crippen LogP contribution in [0.1, 0.15) is 39.5 Å². The fraction of sp³-hybridized carbons (Fsp3) is 0.818. The van der Waals surface area contributed by atoms with Gasteiger partial charge >= 0.3 is 11.9 Å². The zero-order valence-electron chi connectivity index (χ0n) is 9.63. The molecule has 0 aromatic carbocycles. The number of nitrogens with one attached hydrogen (secondary N) is 1. The average molecular weight is 213 g/mol. The molecular formula is C11H19NO3. The van der Waals surface area contributed by atoms with Gasteiger partial charge in [0.1, 0.15) is 0 Å². The van der Waals surface area contributed by atoms with E-state index < -0.39 is 11.9 Å². The van der Waals surface area contributed by atoms with E-state index in [1.807, 2.05) is 0 Å². The van der Waals surface area contributed by atoms with Crippen LogP contribution >= 0.6 is 0 Å². The lowest BCUT2D eigenvalue weighted by Gasteiger charge is -2.35. The summed E-state index contributed by atoms with van der Waals surface area (Å²) < 4.78 is 4.35. The summed E-state index contributed by atoms with van der Waals surface area (Å²) in [7, 11) is 1.22. The van der Waals surface area contributed by atoms with Crippen molar-refractivity contribution in [3.63, 3.8) is 0 Å². The number of carbonyl (C=O) groups excluding carboxylic acids is 2. The van der Waals surface area contributed by atoms with Gasteiger partial charge in [0.2, 0.25) is 0 Å². The Kier molecular flexibility index (Phi) is 3.72. The van der Waals surface area contributed by atoms with Crippen molar-refractivity contribution < 1.29 is 14.3 Å². The second kappa shape index (κ2) is 4.64. The van der Waals surface area contributed by atoms with Crippen molar-refractivity contribution in [2.24, 2.45) is 5.41 Å². The molecule has 0 aliphatic heterocycles. The predicted molar refractivity (Wildman–Crippen MR) is 56.2 cm³/mol. The lowest BCUT2D eigenvalue weighted by atomic mass is 9.75. The van der Waals surface area contributed by atoms with E-state index in [9.17, 15) is 9.59 Å². The quantitative estimate of drug-likeness (QED) is 0.526. The van der Waals surface area contributed by atoms with Crippen LogP contribution in [0.15, 0.2) is 0 Å². The third kappa shape index (κ3) is 3.53. The van der Waals surface area contributed by atoms with Gasteiger partial charge in [-0.2, -0.15) is 0 Å². The van der Waals surface area contributed by atoms with E-state index in [0.717, 1.165) is 19.3 Å². The topological polar surface area (TPSA) is 55.4 Å². The summed E-state index contributed by atoms with van der Waals surface area (Å²) >= 11 is 0. The first-order valence-corrected chi connectivity index (χ1v) is 5.33. The van der Waals surface area contributed by atoms with Crippen LogP contribution < -0.4 is 5.32 Å². The lowest BCUT2D eigenvalue weighted by Crippen LogP contribution is -2.43. The third-order valence-electron chi connectivity index (χ3n) is 2.91. The molecule has 1 aliphatic rings. The van der Waals surface area contributed by atoms with E-state index in [-0.39, 0.29) is 11.5 Å². The molecule has 1 atom stereocenters. The van der Waals surface area contributed by atoms with Gasteiger partial charge in [0, 0.05) is 6.04 Å². The minimum atomic E-state index is -0.807. The van der Waals surface area contributed by atoms with Crippen LogP contribution in [-0.2, 0) is 14.3 Å². The van der Waals surface area contributed by atoms with Gasteiger partial charge in [-0.15, -0.1) is 0 Å². The highest BCUT2D eigenvalue weighted by atomic mass is 16.5. The molecule has 0 spiro atoms. The number of hydrogen-bond donors (Lipinski definition) is 1. The van der Waals surface area contributed by atoms with Crippen LogP contribution in [0.2, 0.25) is 0 Å². The molecule has 1 fully saturated rings. The maximum absolute atomic E-state index is 11.3. The highest BCUT2D eigenvalue weighted by Crippen LogP contribution is 2.34. The molecule has 1 amide bonds. The van der Waals surface area contributed by atoms with E-state index in [4.69, 9.17) is 0 Å². The third-order valence-corrected chi connectivity index (χ3v) is 2.91. The lowest BCUT2D eigenvalue weighted by molar-refractivity contribution is -0.153. The number of carbonyl (C=O) groups is 2. The molecule has 0 bridgehead atoms. The molecule has 0 aromatic rings. The average Bonchev–Trinajstić information content (AvgIpc) is 2.14. The maximum Gasteiger partial charge on any atom is 0.396 e. The van der Waals surface area contributed by atoms with Crippen molar-refractivity contribution in [1.82, 2.24) is 5.32 Å². The Morgan fingerprint density at radius 3 is 2.60 bits per heavy atom. The van der Waals surface area contributed by atoms with Gasteiger partial charge < -0.3 is 10.1 Å². The van der Waals surface area contributed by atoms with Crippen LogP contribution in [0.25, 0.3) is 0 Å². The SMILES string of the molecule is COC(=O)C(=O)NC1CCCC(C)(C)C1. The van der Waals surface area contributed by atoms with Gasteiger partial charge in [-0.3, -0.25) is 4.79 Å². The van der Waals surface area contributed by atoms with Gasteiger partial charge in [-0.1, -0.05) is 20.3 Å². The Bertz CT molecular complexity index is 261. The fourth-order valence-electron chi connectivity index (χ4n) is 2.16. The van der Waals surface area contributed by atoms with Crippen LogP contribution in [0, 0.1) is 5.41 Å². The van der Waals surface area contributed by atoms with Crippen LogP contribution in [-0.4, -0.2) is 25.0 Å². The summed E-state index contributed by atoms with van der Waals surface area (Å²) in [5, 5.41) is 2.71. The molecule has 1 N–H and O–H groups in total. The van der Waals surface area contributed by atoms with E-state index in [2.05, 4.69) is 23.9 Å². The first-order chi connectivity index (χ1) is 6.94. The number of rotatable bonds is 1. The second-order valence-corrected chi connectivity index (χ2v) is 4.92. The molecule has 1 aliphatic carbocycles. The van der Waals surface area contributed by atoms with E-state index in [0.29, 0.717) is 0 Å². The Labute approximate surface area is 90.4 Å². The molecule has 4 nitrogen and oxygen atoms in total. The van der Waals surface area contributed by atoms with E-state index >= 15 is 0 Å². The summed E-state index contributed by atoms with van der Waals surface area (Å²) in [6, 6.07) is 0.111. The zero-order chi connectivity index (χ0) is 11.5. The van der Waals surface area contributed by atoms with Crippen molar-refractivity contribution in [3.8, 4) is 0 Å². The van der Waals surface area contributed by atoms with Crippen molar-refractivity contribution >= 4 is 11.9 Å². The summed E-state index contributed by atoms with van der Waals surface area (Å²) in [6.45, 7) is 4.37. The van der Waals surface area contributed by atoms with Gasteiger partial charge in [-0.05, 0) is 24.7 Å². The standard InChI is InChI=1S/C11H19NO3/c1-11(2)6-4-5-8(7-11)12-9(13)10(14)15-3/h8H,4-7H2,1-3H3,(H,12,13). The first kappa shape index (κ1) is 12.0. The minimum absolute atomic E-state index is 0.111. The van der Waals surface area contributed by atoms with Crippen molar-refractivity contribution in [2.45, 2.75) is 45.6 Å². The van der Waals surface area contributed by atoms with Crippen LogP contribution in [0.3, 0.4) is 0 Å². The number of methoxy groups -OCH3 is 1. The Hall–Kier alpha value is -1.06. The first-order valence-electron chi connectivity index (χ1n) is 5.33. The molecule has 1 unspecified atom stereocenters. The number of esters is 1. The molecule has 0 heterocycles. The van der Waals surface area contributed by atoms with Crippen molar-refractivity contribution in [2.75, 3.05) is 7.11 Å². The molecule has 1 saturated carbocycles. The monoisotopic (exact) mass is 213 g/mol. The fourth-order valence-corrected chi connectivity index (χ4v) is 2.16. The molecule has 4 heteroatoms. The van der Waals surface area contributed by atoms with Gasteiger partial charge in [-0.25, -0.2) is 4.79 Å². The summed E-state index contributed by atoms with van der Waals surface area (Å²) in [4.78, 5) is 22.2. The predicted octanol–water partition coefficient (Wildman–Crippen LogP) is 1.24. The van der Waals surface area contributed by atoms with Crippen molar-refractivity contribution in [1.29, 1.82) is 0 Å². The molecule has 0 aromatic heterocycles. The second-order valence-electron chi connectivity index (χ2n) is 4.92. The smallest absolute Gasteiger partial charge is 0.396 e. The maximum atomic E-state index is 11.3. The summed E-state index contributed by atoms with van der Waals surface area (Å²) in [5.74, 6) is -1.43. The molecule has 1 rings (SSSR count). The zero-order valence-corrected chi connectivity index (χ0v) is 9.63.